The molecule has 1 saturated carbocycles. The van der Waals surface area contributed by atoms with Gasteiger partial charge in [0.1, 0.15) is 0 Å². The summed E-state index contributed by atoms with van der Waals surface area (Å²) < 4.78 is 5.57. The van der Waals surface area contributed by atoms with Crippen molar-refractivity contribution in [3.8, 4) is 5.88 Å². The lowest BCUT2D eigenvalue weighted by Crippen LogP contribution is -2.45. The number of nitrogens with zero attached hydrogens (tertiary/aromatic N) is 2. The first-order chi connectivity index (χ1) is 9.53. The van der Waals surface area contributed by atoms with Crippen LogP contribution in [0.15, 0.2) is 12.3 Å². The molecule has 1 aromatic rings. The van der Waals surface area contributed by atoms with Crippen molar-refractivity contribution in [1.82, 2.24) is 9.97 Å². The van der Waals surface area contributed by atoms with Gasteiger partial charge >= 0.3 is 0 Å². The monoisotopic (exact) mass is 279 g/mol. The van der Waals surface area contributed by atoms with Gasteiger partial charge in [0, 0.05) is 12.3 Å². The van der Waals surface area contributed by atoms with Gasteiger partial charge in [-0.15, -0.1) is 0 Å². The number of aromatic nitrogens is 2. The lowest BCUT2D eigenvalue weighted by molar-refractivity contribution is 0.154. The molecule has 112 valence electrons. The molecule has 0 bridgehead atoms. The molecule has 0 radical (unpaired) electrons. The van der Waals surface area contributed by atoms with Crippen LogP contribution in [0.5, 0.6) is 5.88 Å². The second-order valence-electron chi connectivity index (χ2n) is 6.13. The van der Waals surface area contributed by atoms with Crippen LogP contribution in [-0.4, -0.2) is 33.3 Å². The molecule has 0 amide bonds. The van der Waals surface area contributed by atoms with Gasteiger partial charge in [0.15, 0.2) is 0 Å². The standard InChI is InChI=1S/C15H25N3O2/c1-11(2)20-13-6-9-16-14(17-13)18-15(10-19)7-4-12(3)5-8-15/h6,9,11-12,19H,4-5,7-8,10H2,1-3H3,(H,16,17,18). The molecule has 1 fully saturated rings. The molecule has 1 aliphatic rings. The summed E-state index contributed by atoms with van der Waals surface area (Å²) in [4.78, 5) is 8.60. The molecule has 0 unspecified atom stereocenters. The van der Waals surface area contributed by atoms with Crippen LogP contribution in [0.1, 0.15) is 46.5 Å². The van der Waals surface area contributed by atoms with E-state index < -0.39 is 0 Å². The lowest BCUT2D eigenvalue weighted by atomic mass is 9.77. The summed E-state index contributed by atoms with van der Waals surface area (Å²) in [6.07, 6.45) is 5.90. The van der Waals surface area contributed by atoms with E-state index in [1.807, 2.05) is 13.8 Å². The van der Waals surface area contributed by atoms with Crippen LogP contribution in [0.25, 0.3) is 0 Å². The molecule has 0 atom stereocenters. The molecule has 1 heterocycles. The molecule has 0 spiro atoms. The maximum atomic E-state index is 9.75. The predicted molar refractivity (Wildman–Crippen MR) is 78.9 cm³/mol. The van der Waals surface area contributed by atoms with Crippen LogP contribution < -0.4 is 10.1 Å². The van der Waals surface area contributed by atoms with E-state index in [1.54, 1.807) is 12.3 Å². The summed E-state index contributed by atoms with van der Waals surface area (Å²) in [7, 11) is 0. The minimum Gasteiger partial charge on any atom is -0.475 e. The SMILES string of the molecule is CC1CCC(CO)(Nc2nccc(OC(C)C)n2)CC1. The van der Waals surface area contributed by atoms with Gasteiger partial charge in [-0.25, -0.2) is 4.98 Å². The van der Waals surface area contributed by atoms with Crippen molar-refractivity contribution in [2.45, 2.75) is 58.1 Å². The average Bonchev–Trinajstić information content (AvgIpc) is 2.41. The predicted octanol–water partition coefficient (Wildman–Crippen LogP) is 2.62. The highest BCUT2D eigenvalue weighted by atomic mass is 16.5. The summed E-state index contributed by atoms with van der Waals surface area (Å²) >= 11 is 0. The number of rotatable bonds is 5. The second-order valence-corrected chi connectivity index (χ2v) is 6.13. The van der Waals surface area contributed by atoms with Gasteiger partial charge in [0.05, 0.1) is 18.2 Å². The molecule has 2 rings (SSSR count). The molecule has 1 aliphatic carbocycles. The summed E-state index contributed by atoms with van der Waals surface area (Å²) in [6.45, 7) is 6.30. The highest BCUT2D eigenvalue weighted by Crippen LogP contribution is 2.33. The molecular weight excluding hydrogens is 254 g/mol. The highest BCUT2D eigenvalue weighted by molar-refractivity contribution is 5.32. The molecule has 0 saturated heterocycles. The normalized spacial score (nSPS) is 26.6. The third-order valence-electron chi connectivity index (χ3n) is 3.90. The summed E-state index contributed by atoms with van der Waals surface area (Å²) in [5.41, 5.74) is -0.289. The van der Waals surface area contributed by atoms with Crippen LogP contribution in [0.4, 0.5) is 5.95 Å². The average molecular weight is 279 g/mol. The zero-order valence-electron chi connectivity index (χ0n) is 12.6. The molecule has 5 nitrogen and oxygen atoms in total. The van der Waals surface area contributed by atoms with Crippen LogP contribution in [0, 0.1) is 5.92 Å². The fourth-order valence-electron chi connectivity index (χ4n) is 2.58. The first-order valence-corrected chi connectivity index (χ1v) is 7.42. The van der Waals surface area contributed by atoms with Gasteiger partial charge in [0.2, 0.25) is 11.8 Å². The maximum absolute atomic E-state index is 9.75. The third-order valence-corrected chi connectivity index (χ3v) is 3.90. The molecule has 20 heavy (non-hydrogen) atoms. The van der Waals surface area contributed by atoms with Gasteiger partial charge in [-0.05, 0) is 45.4 Å². The Morgan fingerprint density at radius 3 is 2.75 bits per heavy atom. The quantitative estimate of drug-likeness (QED) is 0.867. The largest absolute Gasteiger partial charge is 0.475 e. The minimum absolute atomic E-state index is 0.0834. The fraction of sp³-hybridized carbons (Fsp3) is 0.733. The number of anilines is 1. The smallest absolute Gasteiger partial charge is 0.226 e. The van der Waals surface area contributed by atoms with Crippen molar-refractivity contribution in [1.29, 1.82) is 0 Å². The van der Waals surface area contributed by atoms with Crippen LogP contribution in [0.2, 0.25) is 0 Å². The molecule has 2 N–H and O–H groups in total. The first kappa shape index (κ1) is 15.0. The zero-order chi connectivity index (χ0) is 14.6. The summed E-state index contributed by atoms with van der Waals surface area (Å²) in [6, 6.07) is 1.75. The van der Waals surface area contributed by atoms with Crippen molar-refractivity contribution in [3.05, 3.63) is 12.3 Å². The van der Waals surface area contributed by atoms with Crippen LogP contribution in [-0.2, 0) is 0 Å². The van der Waals surface area contributed by atoms with Crippen molar-refractivity contribution in [3.63, 3.8) is 0 Å². The summed E-state index contributed by atoms with van der Waals surface area (Å²) in [5, 5.41) is 13.1. The molecular formula is C15H25N3O2. The molecule has 0 aromatic carbocycles. The van der Waals surface area contributed by atoms with Gasteiger partial charge in [-0.1, -0.05) is 6.92 Å². The minimum atomic E-state index is -0.289. The zero-order valence-corrected chi connectivity index (χ0v) is 12.6. The molecule has 5 heteroatoms. The van der Waals surface area contributed by atoms with Gasteiger partial charge < -0.3 is 15.2 Å². The van der Waals surface area contributed by atoms with Crippen molar-refractivity contribution >= 4 is 5.95 Å². The lowest BCUT2D eigenvalue weighted by Gasteiger charge is -2.38. The van der Waals surface area contributed by atoms with Gasteiger partial charge in [-0.2, -0.15) is 4.98 Å². The number of hydrogen-bond donors (Lipinski definition) is 2. The van der Waals surface area contributed by atoms with Gasteiger partial charge in [0.25, 0.3) is 0 Å². The second kappa shape index (κ2) is 6.39. The Balaban J connectivity index is 2.07. The van der Waals surface area contributed by atoms with Crippen LogP contribution in [0.3, 0.4) is 0 Å². The Kier molecular flexibility index (Phi) is 4.81. The Labute approximate surface area is 120 Å². The van der Waals surface area contributed by atoms with E-state index in [1.165, 1.54) is 0 Å². The van der Waals surface area contributed by atoms with E-state index in [-0.39, 0.29) is 18.2 Å². The van der Waals surface area contributed by atoms with Crippen LogP contribution >= 0.6 is 0 Å². The number of ether oxygens (including phenoxy) is 1. The topological polar surface area (TPSA) is 67.3 Å². The van der Waals surface area contributed by atoms with Crippen molar-refractivity contribution < 1.29 is 9.84 Å². The number of aliphatic hydroxyl groups is 1. The van der Waals surface area contributed by atoms with Crippen molar-refractivity contribution in [2.75, 3.05) is 11.9 Å². The Hall–Kier alpha value is -1.36. The number of nitrogens with one attached hydrogen (secondary N) is 1. The van der Waals surface area contributed by atoms with Gasteiger partial charge in [-0.3, -0.25) is 0 Å². The fourth-order valence-corrected chi connectivity index (χ4v) is 2.58. The Morgan fingerprint density at radius 1 is 1.45 bits per heavy atom. The molecule has 0 aliphatic heterocycles. The van der Waals surface area contributed by atoms with E-state index in [4.69, 9.17) is 4.74 Å². The Morgan fingerprint density at radius 2 is 2.15 bits per heavy atom. The summed E-state index contributed by atoms with van der Waals surface area (Å²) in [5.74, 6) is 1.83. The number of hydrogen-bond acceptors (Lipinski definition) is 5. The van der Waals surface area contributed by atoms with E-state index in [9.17, 15) is 5.11 Å². The van der Waals surface area contributed by atoms with E-state index >= 15 is 0 Å². The highest BCUT2D eigenvalue weighted by Gasteiger charge is 2.34. The third kappa shape index (κ3) is 3.82. The van der Waals surface area contributed by atoms with E-state index in [0.29, 0.717) is 11.8 Å². The maximum Gasteiger partial charge on any atom is 0.226 e. The van der Waals surface area contributed by atoms with Crippen molar-refractivity contribution in [2.24, 2.45) is 5.92 Å². The number of aliphatic hydroxyl groups excluding tert-OH is 1. The molecule has 1 aromatic heterocycles. The first-order valence-electron chi connectivity index (χ1n) is 7.42. The van der Waals surface area contributed by atoms with E-state index in [2.05, 4.69) is 22.2 Å². The Bertz CT molecular complexity index is 429. The van der Waals surface area contributed by atoms with E-state index in [0.717, 1.165) is 31.6 Å².